The number of carbonyl (C=O) groups is 4. The highest BCUT2D eigenvalue weighted by Gasteiger charge is 2.27. The highest BCUT2D eigenvalue weighted by Crippen LogP contribution is 2.07. The molecule has 0 unspecified atom stereocenters. The van der Waals surface area contributed by atoms with Gasteiger partial charge in [-0.3, -0.25) is 14.4 Å². The second kappa shape index (κ2) is 12.9. The Morgan fingerprint density at radius 1 is 0.812 bits per heavy atom. The van der Waals surface area contributed by atoms with Gasteiger partial charge < -0.3 is 26.4 Å². The van der Waals surface area contributed by atoms with E-state index in [9.17, 15) is 19.2 Å². The number of esters is 1. The topological polar surface area (TPSA) is 140 Å². The highest BCUT2D eigenvalue weighted by atomic mass is 16.5. The van der Waals surface area contributed by atoms with Crippen LogP contribution >= 0.6 is 0 Å². The molecule has 0 spiro atoms. The number of methoxy groups -OCH3 is 1. The van der Waals surface area contributed by atoms with Gasteiger partial charge in [-0.2, -0.15) is 0 Å². The maximum atomic E-state index is 13.1. The van der Waals surface area contributed by atoms with Gasteiger partial charge in [0.1, 0.15) is 12.1 Å². The summed E-state index contributed by atoms with van der Waals surface area (Å²) in [6.45, 7) is -0.569. The largest absolute Gasteiger partial charge is 0.467 e. The SMILES string of the molecule is COC(=O)[C@H](Cc1ccccc1)NC(=O)[C@H](Cc1ccccc1)NC(=O)CNC(=O)CN. The third-order valence-electron chi connectivity index (χ3n) is 4.65. The fourth-order valence-corrected chi connectivity index (χ4v) is 3.01. The number of hydrogen-bond acceptors (Lipinski definition) is 6. The molecule has 0 aliphatic heterocycles. The van der Waals surface area contributed by atoms with Crippen LogP contribution in [0.2, 0.25) is 0 Å². The zero-order valence-electron chi connectivity index (χ0n) is 17.9. The Morgan fingerprint density at radius 2 is 1.34 bits per heavy atom. The number of nitrogens with one attached hydrogen (secondary N) is 3. The van der Waals surface area contributed by atoms with Crippen molar-refractivity contribution in [3.8, 4) is 0 Å². The summed E-state index contributed by atoms with van der Waals surface area (Å²) in [6.07, 6.45) is 0.431. The zero-order valence-corrected chi connectivity index (χ0v) is 17.9. The summed E-state index contributed by atoms with van der Waals surface area (Å²) < 4.78 is 4.84. The summed E-state index contributed by atoms with van der Waals surface area (Å²) in [6, 6.07) is 16.4. The highest BCUT2D eigenvalue weighted by molar-refractivity contribution is 5.92. The average Bonchev–Trinajstić information content (AvgIpc) is 2.82. The molecule has 0 saturated heterocycles. The molecule has 2 atom stereocenters. The predicted molar refractivity (Wildman–Crippen MR) is 118 cm³/mol. The van der Waals surface area contributed by atoms with Crippen molar-refractivity contribution >= 4 is 23.7 Å². The minimum atomic E-state index is -0.970. The standard InChI is InChI=1S/C23H28N4O5/c1-32-23(31)19(13-17-10-6-3-7-11-17)27-22(30)18(12-16-8-4-2-5-9-16)26-21(29)15-25-20(28)14-24/h2-11,18-19H,12-15,24H2,1H3,(H,25,28)(H,26,29)(H,27,30)/t18-,19-/m0/s1. The number of nitrogens with two attached hydrogens (primary N) is 1. The van der Waals surface area contributed by atoms with E-state index in [1.807, 2.05) is 60.7 Å². The fourth-order valence-electron chi connectivity index (χ4n) is 3.01. The summed E-state index contributed by atoms with van der Waals surface area (Å²) in [4.78, 5) is 48.9. The molecule has 9 heteroatoms. The number of amides is 3. The van der Waals surface area contributed by atoms with Gasteiger partial charge in [0.05, 0.1) is 20.2 Å². The molecule has 170 valence electrons. The van der Waals surface area contributed by atoms with Crippen LogP contribution in [0.3, 0.4) is 0 Å². The monoisotopic (exact) mass is 440 g/mol. The molecule has 2 rings (SSSR count). The third kappa shape index (κ3) is 8.19. The molecule has 0 aliphatic carbocycles. The lowest BCUT2D eigenvalue weighted by atomic mass is 10.0. The molecule has 0 fully saturated rings. The van der Waals surface area contributed by atoms with Crippen molar-refractivity contribution < 1.29 is 23.9 Å². The van der Waals surface area contributed by atoms with Gasteiger partial charge in [0.15, 0.2) is 0 Å². The second-order valence-corrected chi connectivity index (χ2v) is 7.06. The molecular weight excluding hydrogens is 412 g/mol. The Bertz CT molecular complexity index is 905. The first-order valence-corrected chi connectivity index (χ1v) is 10.1. The van der Waals surface area contributed by atoms with Gasteiger partial charge in [-0.1, -0.05) is 60.7 Å². The summed E-state index contributed by atoms with van der Waals surface area (Å²) in [5.74, 6) is -2.18. The Hall–Kier alpha value is -3.72. The molecular formula is C23H28N4O5. The van der Waals surface area contributed by atoms with Crippen molar-refractivity contribution in [1.82, 2.24) is 16.0 Å². The summed E-state index contributed by atoms with van der Waals surface area (Å²) in [5, 5.41) is 7.65. The molecule has 2 aromatic carbocycles. The first-order chi connectivity index (χ1) is 15.4. The van der Waals surface area contributed by atoms with Gasteiger partial charge >= 0.3 is 5.97 Å². The first kappa shape index (κ1) is 24.5. The van der Waals surface area contributed by atoms with Gasteiger partial charge in [-0.05, 0) is 11.1 Å². The van der Waals surface area contributed by atoms with Crippen molar-refractivity contribution in [1.29, 1.82) is 0 Å². The molecule has 9 nitrogen and oxygen atoms in total. The summed E-state index contributed by atoms with van der Waals surface area (Å²) >= 11 is 0. The Kier molecular flexibility index (Phi) is 9.86. The van der Waals surface area contributed by atoms with E-state index in [2.05, 4.69) is 16.0 Å². The van der Waals surface area contributed by atoms with Gasteiger partial charge in [-0.15, -0.1) is 0 Å². The van der Waals surface area contributed by atoms with E-state index in [0.717, 1.165) is 11.1 Å². The summed E-state index contributed by atoms with van der Waals surface area (Å²) in [5.41, 5.74) is 6.88. The minimum Gasteiger partial charge on any atom is -0.467 e. The lowest BCUT2D eigenvalue weighted by molar-refractivity contribution is -0.145. The molecule has 0 radical (unpaired) electrons. The predicted octanol–water partition coefficient (Wildman–Crippen LogP) is -0.311. The molecule has 5 N–H and O–H groups in total. The summed E-state index contributed by atoms with van der Waals surface area (Å²) in [7, 11) is 1.25. The van der Waals surface area contributed by atoms with Crippen LogP contribution in [-0.4, -0.2) is 56.0 Å². The van der Waals surface area contributed by atoms with Crippen LogP contribution in [0.1, 0.15) is 11.1 Å². The first-order valence-electron chi connectivity index (χ1n) is 10.1. The van der Waals surface area contributed by atoms with Gasteiger partial charge in [0.2, 0.25) is 17.7 Å². The molecule has 3 amide bonds. The van der Waals surface area contributed by atoms with E-state index in [4.69, 9.17) is 10.5 Å². The van der Waals surface area contributed by atoms with Crippen molar-refractivity contribution in [3.63, 3.8) is 0 Å². The molecule has 0 aliphatic rings. The Labute approximate surface area is 186 Å². The number of ether oxygens (including phenoxy) is 1. The van der Waals surface area contributed by atoms with Gasteiger partial charge in [0, 0.05) is 12.8 Å². The van der Waals surface area contributed by atoms with Crippen LogP contribution in [0.25, 0.3) is 0 Å². The second-order valence-electron chi connectivity index (χ2n) is 7.06. The van der Waals surface area contributed by atoms with Crippen molar-refractivity contribution in [3.05, 3.63) is 71.8 Å². The van der Waals surface area contributed by atoms with E-state index < -0.39 is 35.8 Å². The zero-order chi connectivity index (χ0) is 23.3. The number of carbonyl (C=O) groups excluding carboxylic acids is 4. The average molecular weight is 441 g/mol. The molecule has 0 aromatic heterocycles. The van der Waals surface area contributed by atoms with Crippen LogP contribution in [0, 0.1) is 0 Å². The lowest BCUT2D eigenvalue weighted by Gasteiger charge is -2.22. The normalized spacial score (nSPS) is 12.2. The van der Waals surface area contributed by atoms with E-state index in [1.54, 1.807) is 0 Å². The van der Waals surface area contributed by atoms with E-state index >= 15 is 0 Å². The molecule has 0 heterocycles. The van der Waals surface area contributed by atoms with Crippen LogP contribution < -0.4 is 21.7 Å². The molecule has 32 heavy (non-hydrogen) atoms. The van der Waals surface area contributed by atoms with Gasteiger partial charge in [-0.25, -0.2) is 4.79 Å². The van der Waals surface area contributed by atoms with Crippen LogP contribution in [0.4, 0.5) is 0 Å². The van der Waals surface area contributed by atoms with Crippen molar-refractivity contribution in [2.75, 3.05) is 20.2 Å². The van der Waals surface area contributed by atoms with Gasteiger partial charge in [0.25, 0.3) is 0 Å². The molecule has 0 saturated carbocycles. The number of hydrogen-bond donors (Lipinski definition) is 4. The van der Waals surface area contributed by atoms with Crippen LogP contribution in [0.5, 0.6) is 0 Å². The lowest BCUT2D eigenvalue weighted by Crippen LogP contribution is -2.54. The maximum absolute atomic E-state index is 13.1. The quantitative estimate of drug-likeness (QED) is 0.354. The number of benzene rings is 2. The van der Waals surface area contributed by atoms with Crippen molar-refractivity contribution in [2.45, 2.75) is 24.9 Å². The molecule has 2 aromatic rings. The molecule has 0 bridgehead atoms. The van der Waals surface area contributed by atoms with Crippen LogP contribution in [-0.2, 0) is 36.8 Å². The van der Waals surface area contributed by atoms with Crippen molar-refractivity contribution in [2.24, 2.45) is 5.73 Å². The van der Waals surface area contributed by atoms with Crippen LogP contribution in [0.15, 0.2) is 60.7 Å². The Morgan fingerprint density at radius 3 is 1.84 bits per heavy atom. The van der Waals surface area contributed by atoms with E-state index in [-0.39, 0.29) is 25.9 Å². The fraction of sp³-hybridized carbons (Fsp3) is 0.304. The third-order valence-corrected chi connectivity index (χ3v) is 4.65. The smallest absolute Gasteiger partial charge is 0.328 e. The van der Waals surface area contributed by atoms with E-state index in [1.165, 1.54) is 7.11 Å². The maximum Gasteiger partial charge on any atom is 0.328 e. The van der Waals surface area contributed by atoms with E-state index in [0.29, 0.717) is 0 Å². The minimum absolute atomic E-state index is 0.197. The Balaban J connectivity index is 2.13. The number of rotatable bonds is 11.